The van der Waals surface area contributed by atoms with Crippen LogP contribution in [0.5, 0.6) is 0 Å². The Balaban J connectivity index is 1.73. The molecule has 2 aromatic rings. The van der Waals surface area contributed by atoms with Crippen LogP contribution in [0, 0.1) is 5.92 Å². The molecule has 3 heterocycles. The fourth-order valence-electron chi connectivity index (χ4n) is 2.77. The second-order valence-electron chi connectivity index (χ2n) is 5.33. The molecule has 108 valence electrons. The Kier molecular flexibility index (Phi) is 4.50. The minimum absolute atomic E-state index is 0.509. The van der Waals surface area contributed by atoms with E-state index < -0.39 is 0 Å². The minimum Gasteiger partial charge on any atom is -0.381 e. The third-order valence-electron chi connectivity index (χ3n) is 3.68. The number of rotatable bonds is 5. The Hall–Kier alpha value is -1.17. The van der Waals surface area contributed by atoms with E-state index in [1.807, 2.05) is 6.20 Å². The van der Waals surface area contributed by atoms with Gasteiger partial charge >= 0.3 is 0 Å². The van der Waals surface area contributed by atoms with Gasteiger partial charge in [0.2, 0.25) is 0 Å². The molecule has 20 heavy (non-hydrogen) atoms. The van der Waals surface area contributed by atoms with Crippen molar-refractivity contribution >= 4 is 11.3 Å². The largest absolute Gasteiger partial charge is 0.381 e. The van der Waals surface area contributed by atoms with Gasteiger partial charge in [0.05, 0.1) is 12.3 Å². The molecule has 0 aromatic carbocycles. The van der Waals surface area contributed by atoms with Crippen LogP contribution in [0.2, 0.25) is 0 Å². The van der Waals surface area contributed by atoms with Crippen LogP contribution in [0.4, 0.5) is 0 Å². The summed E-state index contributed by atoms with van der Waals surface area (Å²) >= 11 is 1.77. The molecular weight excluding hydrogens is 270 g/mol. The minimum atomic E-state index is 0.509. The summed E-state index contributed by atoms with van der Waals surface area (Å²) in [5.41, 5.74) is 2.71. The van der Waals surface area contributed by atoms with Crippen molar-refractivity contribution in [2.45, 2.75) is 26.6 Å². The summed E-state index contributed by atoms with van der Waals surface area (Å²) < 4.78 is 7.77. The first-order chi connectivity index (χ1) is 9.85. The highest BCUT2D eigenvalue weighted by molar-refractivity contribution is 7.07. The predicted molar refractivity (Wildman–Crippen MR) is 80.6 cm³/mol. The number of nitrogens with zero attached hydrogens (tertiary/aromatic N) is 3. The maximum Gasteiger partial charge on any atom is 0.0524 e. The Morgan fingerprint density at radius 1 is 1.40 bits per heavy atom. The second kappa shape index (κ2) is 6.52. The molecule has 1 aliphatic rings. The molecule has 0 saturated carbocycles. The SMILES string of the molecule is CCOC[C@@H]1CN(Cc2ccsc2)Cc2ccnn2C1. The van der Waals surface area contributed by atoms with Crippen molar-refractivity contribution in [3.63, 3.8) is 0 Å². The van der Waals surface area contributed by atoms with Gasteiger partial charge in [0.1, 0.15) is 0 Å². The first kappa shape index (κ1) is 13.8. The molecule has 0 saturated heterocycles. The van der Waals surface area contributed by atoms with Gasteiger partial charge in [-0.3, -0.25) is 9.58 Å². The van der Waals surface area contributed by atoms with Crippen LogP contribution in [-0.4, -0.2) is 34.4 Å². The molecule has 0 N–H and O–H groups in total. The topological polar surface area (TPSA) is 30.3 Å². The number of ether oxygens (including phenoxy) is 1. The Morgan fingerprint density at radius 2 is 2.35 bits per heavy atom. The normalized spacial score (nSPS) is 19.8. The van der Waals surface area contributed by atoms with Crippen LogP contribution in [0.3, 0.4) is 0 Å². The van der Waals surface area contributed by atoms with Crippen molar-refractivity contribution in [1.82, 2.24) is 14.7 Å². The van der Waals surface area contributed by atoms with Crippen molar-refractivity contribution in [2.75, 3.05) is 19.8 Å². The summed E-state index contributed by atoms with van der Waals surface area (Å²) in [4.78, 5) is 2.51. The fourth-order valence-corrected chi connectivity index (χ4v) is 3.43. The van der Waals surface area contributed by atoms with Crippen LogP contribution in [0.1, 0.15) is 18.2 Å². The molecule has 1 aliphatic heterocycles. The van der Waals surface area contributed by atoms with E-state index in [4.69, 9.17) is 4.74 Å². The van der Waals surface area contributed by atoms with Gasteiger partial charge in [0, 0.05) is 44.9 Å². The van der Waals surface area contributed by atoms with E-state index in [1.54, 1.807) is 11.3 Å². The second-order valence-corrected chi connectivity index (χ2v) is 6.11. The maximum atomic E-state index is 5.64. The van der Waals surface area contributed by atoms with Gasteiger partial charge in [0.15, 0.2) is 0 Å². The third-order valence-corrected chi connectivity index (χ3v) is 4.41. The fraction of sp³-hybridized carbons (Fsp3) is 0.533. The van der Waals surface area contributed by atoms with Crippen molar-refractivity contribution in [1.29, 1.82) is 0 Å². The van der Waals surface area contributed by atoms with Gasteiger partial charge < -0.3 is 4.74 Å². The molecule has 0 fully saturated rings. The zero-order chi connectivity index (χ0) is 13.8. The first-order valence-corrected chi connectivity index (χ1v) is 8.11. The molecule has 5 heteroatoms. The summed E-state index contributed by atoms with van der Waals surface area (Å²) in [5, 5.41) is 8.83. The molecule has 2 aromatic heterocycles. The lowest BCUT2D eigenvalue weighted by atomic mass is 10.1. The molecule has 0 amide bonds. The molecule has 0 bridgehead atoms. The van der Waals surface area contributed by atoms with E-state index in [9.17, 15) is 0 Å². The van der Waals surface area contributed by atoms with Crippen molar-refractivity contribution < 1.29 is 4.74 Å². The van der Waals surface area contributed by atoms with Gasteiger partial charge in [-0.1, -0.05) is 0 Å². The van der Waals surface area contributed by atoms with Gasteiger partial charge in [-0.2, -0.15) is 16.4 Å². The predicted octanol–water partition coefficient (Wildman–Crippen LogP) is 2.61. The monoisotopic (exact) mass is 291 g/mol. The highest BCUT2D eigenvalue weighted by Gasteiger charge is 2.22. The van der Waals surface area contributed by atoms with E-state index in [1.165, 1.54) is 11.3 Å². The summed E-state index contributed by atoms with van der Waals surface area (Å²) in [5.74, 6) is 0.509. The van der Waals surface area contributed by atoms with E-state index in [0.717, 1.165) is 39.4 Å². The Morgan fingerprint density at radius 3 is 3.15 bits per heavy atom. The van der Waals surface area contributed by atoms with Crippen LogP contribution in [-0.2, 0) is 24.4 Å². The molecule has 4 nitrogen and oxygen atoms in total. The van der Waals surface area contributed by atoms with Crippen molar-refractivity contribution in [3.05, 3.63) is 40.3 Å². The Bertz CT molecular complexity index is 523. The van der Waals surface area contributed by atoms with Crippen LogP contribution in [0.25, 0.3) is 0 Å². The zero-order valence-corrected chi connectivity index (χ0v) is 12.7. The Labute approximate surface area is 124 Å². The standard InChI is InChI=1S/C15H21N3OS/c1-2-19-11-14-8-17(7-13-4-6-20-12-13)10-15-3-5-16-18(15)9-14/h3-6,12,14H,2,7-11H2,1H3/t14-/m1/s1. The summed E-state index contributed by atoms with van der Waals surface area (Å²) in [7, 11) is 0. The molecule has 0 spiro atoms. The molecule has 0 unspecified atom stereocenters. The molecular formula is C15H21N3OS. The number of hydrogen-bond acceptors (Lipinski definition) is 4. The number of aromatic nitrogens is 2. The molecule has 1 atom stereocenters. The summed E-state index contributed by atoms with van der Waals surface area (Å²) in [6.07, 6.45) is 1.90. The first-order valence-electron chi connectivity index (χ1n) is 7.17. The summed E-state index contributed by atoms with van der Waals surface area (Å²) in [6.45, 7) is 7.67. The van der Waals surface area contributed by atoms with Crippen molar-refractivity contribution in [2.24, 2.45) is 5.92 Å². The van der Waals surface area contributed by atoms with E-state index >= 15 is 0 Å². The van der Waals surface area contributed by atoms with Crippen LogP contribution >= 0.6 is 11.3 Å². The quantitative estimate of drug-likeness (QED) is 0.848. The smallest absolute Gasteiger partial charge is 0.0524 e. The maximum absolute atomic E-state index is 5.64. The lowest BCUT2D eigenvalue weighted by Crippen LogP contribution is -2.30. The van der Waals surface area contributed by atoms with Crippen molar-refractivity contribution in [3.8, 4) is 0 Å². The van der Waals surface area contributed by atoms with Gasteiger partial charge in [-0.05, 0) is 35.4 Å². The third kappa shape index (κ3) is 3.29. The number of hydrogen-bond donors (Lipinski definition) is 0. The summed E-state index contributed by atoms with van der Waals surface area (Å²) in [6, 6.07) is 4.34. The number of thiophene rings is 1. The average molecular weight is 291 g/mol. The molecule has 0 radical (unpaired) electrons. The van der Waals surface area contributed by atoms with E-state index in [2.05, 4.69) is 44.5 Å². The van der Waals surface area contributed by atoms with Crippen LogP contribution in [0.15, 0.2) is 29.1 Å². The molecule has 0 aliphatic carbocycles. The lowest BCUT2D eigenvalue weighted by molar-refractivity contribution is 0.0841. The highest BCUT2D eigenvalue weighted by Crippen LogP contribution is 2.19. The average Bonchev–Trinajstić information content (AvgIpc) is 3.06. The van der Waals surface area contributed by atoms with E-state index in [0.29, 0.717) is 5.92 Å². The van der Waals surface area contributed by atoms with Crippen LogP contribution < -0.4 is 0 Å². The zero-order valence-electron chi connectivity index (χ0n) is 11.9. The number of fused-ring (bicyclic) bond motifs is 1. The highest BCUT2D eigenvalue weighted by atomic mass is 32.1. The van der Waals surface area contributed by atoms with Gasteiger partial charge in [0.25, 0.3) is 0 Å². The van der Waals surface area contributed by atoms with E-state index in [-0.39, 0.29) is 0 Å². The van der Waals surface area contributed by atoms with Gasteiger partial charge in [-0.15, -0.1) is 0 Å². The lowest BCUT2D eigenvalue weighted by Gasteiger charge is -2.23. The van der Waals surface area contributed by atoms with Gasteiger partial charge in [-0.25, -0.2) is 0 Å². The molecule has 3 rings (SSSR count).